The zero-order valence-corrected chi connectivity index (χ0v) is 10.9. The van der Waals surface area contributed by atoms with Gasteiger partial charge in [-0.25, -0.2) is 4.98 Å². The second kappa shape index (κ2) is 4.48. The fraction of sp³-hybridized carbons (Fsp3) is 0.400. The Hall–Kier alpha value is -1.77. The number of aromatic nitrogens is 2. The topological polar surface area (TPSA) is 29.9 Å². The first-order valence-corrected chi connectivity index (χ1v) is 6.64. The Morgan fingerprint density at radius 1 is 1.33 bits per heavy atom. The molecule has 3 heteroatoms. The van der Waals surface area contributed by atoms with Crippen LogP contribution in [-0.2, 0) is 0 Å². The van der Waals surface area contributed by atoms with E-state index in [1.807, 2.05) is 12.4 Å². The maximum atomic E-state index is 4.40. The van der Waals surface area contributed by atoms with Gasteiger partial charge in [0.15, 0.2) is 0 Å². The van der Waals surface area contributed by atoms with E-state index in [4.69, 9.17) is 0 Å². The molecule has 0 radical (unpaired) electrons. The van der Waals surface area contributed by atoms with Gasteiger partial charge < -0.3 is 5.32 Å². The zero-order valence-electron chi connectivity index (χ0n) is 10.9. The molecular weight excluding hydrogens is 222 g/mol. The lowest BCUT2D eigenvalue weighted by Crippen LogP contribution is -2.07. The maximum Gasteiger partial charge on any atom is 0.207 e. The number of nitrogens with one attached hydrogen (secondary N) is 1. The first kappa shape index (κ1) is 11.3. The third-order valence-corrected chi connectivity index (χ3v) is 3.37. The summed E-state index contributed by atoms with van der Waals surface area (Å²) >= 11 is 0. The van der Waals surface area contributed by atoms with Crippen LogP contribution in [0.3, 0.4) is 0 Å². The number of anilines is 1. The molecule has 0 amide bonds. The molecule has 1 saturated carbocycles. The van der Waals surface area contributed by atoms with Crippen LogP contribution in [0.25, 0.3) is 5.69 Å². The summed E-state index contributed by atoms with van der Waals surface area (Å²) in [5.74, 6) is 1.51. The van der Waals surface area contributed by atoms with Crippen molar-refractivity contribution in [2.45, 2.75) is 38.6 Å². The molecule has 1 aromatic carbocycles. The third kappa shape index (κ3) is 2.26. The van der Waals surface area contributed by atoms with Gasteiger partial charge in [0.25, 0.3) is 0 Å². The van der Waals surface area contributed by atoms with Crippen molar-refractivity contribution in [3.8, 4) is 5.69 Å². The molecule has 2 aromatic rings. The van der Waals surface area contributed by atoms with Crippen LogP contribution in [0.5, 0.6) is 0 Å². The first-order chi connectivity index (χ1) is 8.74. The normalized spacial score (nSPS) is 15.1. The summed E-state index contributed by atoms with van der Waals surface area (Å²) in [4.78, 5) is 4.40. The Morgan fingerprint density at radius 2 is 2.17 bits per heavy atom. The summed E-state index contributed by atoms with van der Waals surface area (Å²) in [5, 5.41) is 3.46. The molecule has 1 aliphatic carbocycles. The zero-order chi connectivity index (χ0) is 12.5. The SMILES string of the molecule is CC(C)c1cccc(-n2ccnc2NC2CC2)c1. The molecule has 0 unspecified atom stereocenters. The van der Waals surface area contributed by atoms with Gasteiger partial charge in [-0.3, -0.25) is 4.57 Å². The van der Waals surface area contributed by atoms with E-state index in [9.17, 15) is 0 Å². The lowest BCUT2D eigenvalue weighted by Gasteiger charge is -2.12. The van der Waals surface area contributed by atoms with Gasteiger partial charge in [-0.05, 0) is 36.5 Å². The molecule has 0 spiro atoms. The molecule has 1 N–H and O–H groups in total. The monoisotopic (exact) mass is 241 g/mol. The second-order valence-corrected chi connectivity index (χ2v) is 5.29. The highest BCUT2D eigenvalue weighted by atomic mass is 15.2. The van der Waals surface area contributed by atoms with Crippen LogP contribution in [0.2, 0.25) is 0 Å². The molecule has 18 heavy (non-hydrogen) atoms. The van der Waals surface area contributed by atoms with Crippen molar-refractivity contribution in [2.75, 3.05) is 5.32 Å². The van der Waals surface area contributed by atoms with Crippen LogP contribution in [0, 0.1) is 0 Å². The molecule has 1 heterocycles. The Kier molecular flexibility index (Phi) is 2.82. The lowest BCUT2D eigenvalue weighted by molar-refractivity contribution is 0.862. The van der Waals surface area contributed by atoms with E-state index >= 15 is 0 Å². The minimum atomic E-state index is 0.549. The highest BCUT2D eigenvalue weighted by Gasteiger charge is 2.22. The molecule has 0 saturated heterocycles. The molecule has 94 valence electrons. The summed E-state index contributed by atoms with van der Waals surface area (Å²) < 4.78 is 2.13. The van der Waals surface area contributed by atoms with Gasteiger partial charge in [-0.15, -0.1) is 0 Å². The summed E-state index contributed by atoms with van der Waals surface area (Å²) in [5.41, 5.74) is 2.54. The van der Waals surface area contributed by atoms with Crippen molar-refractivity contribution >= 4 is 5.95 Å². The van der Waals surface area contributed by atoms with E-state index in [1.165, 1.54) is 24.1 Å². The van der Waals surface area contributed by atoms with Crippen LogP contribution in [-0.4, -0.2) is 15.6 Å². The number of nitrogens with zero attached hydrogens (tertiary/aromatic N) is 2. The molecule has 1 fully saturated rings. The van der Waals surface area contributed by atoms with Gasteiger partial charge in [-0.2, -0.15) is 0 Å². The van der Waals surface area contributed by atoms with Crippen molar-refractivity contribution in [2.24, 2.45) is 0 Å². The van der Waals surface area contributed by atoms with E-state index < -0.39 is 0 Å². The molecule has 3 nitrogen and oxygen atoms in total. The van der Waals surface area contributed by atoms with Crippen LogP contribution in [0.4, 0.5) is 5.95 Å². The van der Waals surface area contributed by atoms with Gasteiger partial charge in [0, 0.05) is 24.1 Å². The molecule has 3 rings (SSSR count). The number of benzene rings is 1. The predicted molar refractivity (Wildman–Crippen MR) is 74.3 cm³/mol. The maximum absolute atomic E-state index is 4.40. The Balaban J connectivity index is 1.93. The van der Waals surface area contributed by atoms with Crippen molar-refractivity contribution in [1.82, 2.24) is 9.55 Å². The average Bonchev–Trinajstić information content (AvgIpc) is 3.06. The molecular formula is C15H19N3. The van der Waals surface area contributed by atoms with Crippen LogP contribution in [0.1, 0.15) is 38.2 Å². The van der Waals surface area contributed by atoms with Crippen molar-refractivity contribution < 1.29 is 0 Å². The van der Waals surface area contributed by atoms with E-state index in [2.05, 4.69) is 53.0 Å². The lowest BCUT2D eigenvalue weighted by atomic mass is 10.0. The van der Waals surface area contributed by atoms with E-state index in [1.54, 1.807) is 0 Å². The average molecular weight is 241 g/mol. The smallest absolute Gasteiger partial charge is 0.207 e. The number of imidazole rings is 1. The number of rotatable bonds is 4. The number of hydrogen-bond acceptors (Lipinski definition) is 2. The van der Waals surface area contributed by atoms with Crippen molar-refractivity contribution in [3.05, 3.63) is 42.2 Å². The predicted octanol–water partition coefficient (Wildman–Crippen LogP) is 3.57. The molecule has 1 aromatic heterocycles. The highest BCUT2D eigenvalue weighted by molar-refractivity contribution is 5.45. The van der Waals surface area contributed by atoms with Gasteiger partial charge in [0.1, 0.15) is 0 Å². The molecule has 0 bridgehead atoms. The van der Waals surface area contributed by atoms with Gasteiger partial charge in [0.2, 0.25) is 5.95 Å². The van der Waals surface area contributed by atoms with Gasteiger partial charge in [0.05, 0.1) is 0 Å². The quantitative estimate of drug-likeness (QED) is 0.886. The Labute approximate surface area is 108 Å². The largest absolute Gasteiger partial charge is 0.353 e. The second-order valence-electron chi connectivity index (χ2n) is 5.29. The fourth-order valence-electron chi connectivity index (χ4n) is 2.06. The standard InChI is InChI=1S/C15H19N3/c1-11(2)12-4-3-5-14(10-12)18-9-8-16-15(18)17-13-6-7-13/h3-5,8-11,13H,6-7H2,1-2H3,(H,16,17). The number of hydrogen-bond donors (Lipinski definition) is 1. The Morgan fingerprint density at radius 3 is 2.89 bits per heavy atom. The Bertz CT molecular complexity index is 538. The molecule has 0 atom stereocenters. The van der Waals surface area contributed by atoms with E-state index in [-0.39, 0.29) is 0 Å². The summed E-state index contributed by atoms with van der Waals surface area (Å²) in [6.07, 6.45) is 6.40. The van der Waals surface area contributed by atoms with Crippen LogP contribution < -0.4 is 5.32 Å². The van der Waals surface area contributed by atoms with Gasteiger partial charge in [-0.1, -0.05) is 26.0 Å². The minimum Gasteiger partial charge on any atom is -0.353 e. The molecule has 0 aliphatic heterocycles. The van der Waals surface area contributed by atoms with Crippen molar-refractivity contribution in [1.29, 1.82) is 0 Å². The van der Waals surface area contributed by atoms with E-state index in [0.29, 0.717) is 12.0 Å². The highest BCUT2D eigenvalue weighted by Crippen LogP contribution is 2.26. The van der Waals surface area contributed by atoms with E-state index in [0.717, 1.165) is 5.95 Å². The summed E-state index contributed by atoms with van der Waals surface area (Å²) in [7, 11) is 0. The summed E-state index contributed by atoms with van der Waals surface area (Å²) in [6.45, 7) is 4.44. The third-order valence-electron chi connectivity index (χ3n) is 3.37. The van der Waals surface area contributed by atoms with Crippen LogP contribution in [0.15, 0.2) is 36.7 Å². The van der Waals surface area contributed by atoms with Crippen LogP contribution >= 0.6 is 0 Å². The minimum absolute atomic E-state index is 0.549. The first-order valence-electron chi connectivity index (χ1n) is 6.64. The van der Waals surface area contributed by atoms with Crippen molar-refractivity contribution in [3.63, 3.8) is 0 Å². The fourth-order valence-corrected chi connectivity index (χ4v) is 2.06. The molecule has 1 aliphatic rings. The summed E-state index contributed by atoms with van der Waals surface area (Å²) in [6, 6.07) is 9.29. The van der Waals surface area contributed by atoms with Gasteiger partial charge >= 0.3 is 0 Å².